The molecule has 0 saturated heterocycles. The average Bonchev–Trinajstić information content (AvgIpc) is 3.13. The number of hydrogen-bond acceptors (Lipinski definition) is 3. The maximum atomic E-state index is 12.1. The Labute approximate surface area is 102 Å². The lowest BCUT2D eigenvalue weighted by molar-refractivity contribution is 0.464. The first-order valence-corrected chi connectivity index (χ1v) is 6.93. The minimum atomic E-state index is -3.36. The molecule has 2 rings (SSSR count). The van der Waals surface area contributed by atoms with Crippen molar-refractivity contribution >= 4 is 10.0 Å². The highest BCUT2D eigenvalue weighted by molar-refractivity contribution is 7.89. The summed E-state index contributed by atoms with van der Waals surface area (Å²) in [6.45, 7) is 0. The molecule has 1 aromatic carbocycles. The van der Waals surface area contributed by atoms with E-state index in [0.717, 1.165) is 18.4 Å². The van der Waals surface area contributed by atoms with Crippen molar-refractivity contribution in [1.29, 1.82) is 5.26 Å². The van der Waals surface area contributed by atoms with Gasteiger partial charge in [-0.3, -0.25) is 0 Å². The van der Waals surface area contributed by atoms with Crippen molar-refractivity contribution in [1.82, 2.24) is 4.31 Å². The van der Waals surface area contributed by atoms with E-state index in [0.29, 0.717) is 11.3 Å². The van der Waals surface area contributed by atoms with Crippen LogP contribution in [0.1, 0.15) is 18.4 Å². The zero-order chi connectivity index (χ0) is 12.5. The molecule has 1 aromatic rings. The summed E-state index contributed by atoms with van der Waals surface area (Å²) in [6.07, 6.45) is 2.20. The van der Waals surface area contributed by atoms with Gasteiger partial charge in [-0.05, 0) is 30.5 Å². The highest BCUT2D eigenvalue weighted by Crippen LogP contribution is 2.30. The summed E-state index contributed by atoms with van der Waals surface area (Å²) >= 11 is 0. The predicted molar refractivity (Wildman–Crippen MR) is 63.7 cm³/mol. The summed E-state index contributed by atoms with van der Waals surface area (Å²) in [4.78, 5) is 0.300. The van der Waals surface area contributed by atoms with Crippen LogP contribution >= 0.6 is 0 Å². The summed E-state index contributed by atoms with van der Waals surface area (Å²) in [7, 11) is -1.74. The van der Waals surface area contributed by atoms with Crippen LogP contribution in [-0.4, -0.2) is 25.8 Å². The lowest BCUT2D eigenvalue weighted by Gasteiger charge is -2.16. The van der Waals surface area contributed by atoms with Gasteiger partial charge in [0.05, 0.1) is 17.4 Å². The van der Waals surface area contributed by atoms with Gasteiger partial charge < -0.3 is 0 Å². The van der Waals surface area contributed by atoms with Crippen LogP contribution in [0.25, 0.3) is 0 Å². The standard InChI is InChI=1S/C12H14N2O2S/c1-14(11-4-5-11)17(15,16)12-6-2-10(3-7-12)8-9-13/h2-3,6-7,11H,4-5,8H2,1H3. The second-order valence-corrected chi connectivity index (χ2v) is 6.23. The molecule has 0 N–H and O–H groups in total. The Morgan fingerprint density at radius 3 is 2.41 bits per heavy atom. The maximum absolute atomic E-state index is 12.1. The largest absolute Gasteiger partial charge is 0.243 e. The van der Waals surface area contributed by atoms with Crippen molar-refractivity contribution < 1.29 is 8.42 Å². The van der Waals surface area contributed by atoms with Crippen LogP contribution in [0.3, 0.4) is 0 Å². The number of benzene rings is 1. The van der Waals surface area contributed by atoms with Gasteiger partial charge in [-0.15, -0.1) is 0 Å². The Hall–Kier alpha value is -1.38. The van der Waals surface area contributed by atoms with Crippen LogP contribution in [0.15, 0.2) is 29.2 Å². The van der Waals surface area contributed by atoms with E-state index in [1.54, 1.807) is 31.3 Å². The van der Waals surface area contributed by atoms with Gasteiger partial charge in [-0.2, -0.15) is 9.57 Å². The first-order chi connectivity index (χ1) is 8.05. The van der Waals surface area contributed by atoms with Gasteiger partial charge in [0.15, 0.2) is 0 Å². The molecule has 0 unspecified atom stereocenters. The van der Waals surface area contributed by atoms with E-state index in [1.807, 2.05) is 6.07 Å². The monoisotopic (exact) mass is 250 g/mol. The summed E-state index contributed by atoms with van der Waals surface area (Å²) in [6, 6.07) is 8.72. The third-order valence-electron chi connectivity index (χ3n) is 2.94. The molecule has 1 aliphatic carbocycles. The molecule has 1 fully saturated rings. The fraction of sp³-hybridized carbons (Fsp3) is 0.417. The Morgan fingerprint density at radius 2 is 1.94 bits per heavy atom. The van der Waals surface area contributed by atoms with Gasteiger partial charge in [0.2, 0.25) is 10.0 Å². The van der Waals surface area contributed by atoms with E-state index < -0.39 is 10.0 Å². The molecule has 0 radical (unpaired) electrons. The Morgan fingerprint density at radius 1 is 1.35 bits per heavy atom. The second-order valence-electron chi connectivity index (χ2n) is 4.23. The molecule has 0 amide bonds. The number of sulfonamides is 1. The minimum Gasteiger partial charge on any atom is -0.207 e. The molecule has 0 aromatic heterocycles. The summed E-state index contributed by atoms with van der Waals surface area (Å²) < 4.78 is 25.7. The molecule has 0 spiro atoms. The molecule has 4 nitrogen and oxygen atoms in total. The third kappa shape index (κ3) is 2.48. The topological polar surface area (TPSA) is 61.2 Å². The first-order valence-electron chi connectivity index (χ1n) is 5.49. The maximum Gasteiger partial charge on any atom is 0.243 e. The molecule has 0 aliphatic heterocycles. The molecule has 1 aliphatic rings. The molecule has 1 saturated carbocycles. The Balaban J connectivity index is 2.24. The fourth-order valence-corrected chi connectivity index (χ4v) is 3.09. The lowest BCUT2D eigenvalue weighted by atomic mass is 10.2. The van der Waals surface area contributed by atoms with Crippen molar-refractivity contribution in [2.45, 2.75) is 30.2 Å². The molecule has 0 heterocycles. The average molecular weight is 250 g/mol. The van der Waals surface area contributed by atoms with Crippen LogP contribution in [-0.2, 0) is 16.4 Å². The van der Waals surface area contributed by atoms with Gasteiger partial charge in [0.25, 0.3) is 0 Å². The molecular formula is C12H14N2O2S. The van der Waals surface area contributed by atoms with Crippen LogP contribution in [0, 0.1) is 11.3 Å². The van der Waals surface area contributed by atoms with Crippen molar-refractivity contribution in [3.8, 4) is 6.07 Å². The van der Waals surface area contributed by atoms with Crippen LogP contribution in [0.5, 0.6) is 0 Å². The highest BCUT2D eigenvalue weighted by atomic mass is 32.2. The third-order valence-corrected chi connectivity index (χ3v) is 4.87. The number of hydrogen-bond donors (Lipinski definition) is 0. The molecule has 0 bridgehead atoms. The Kier molecular flexibility index (Phi) is 3.18. The zero-order valence-electron chi connectivity index (χ0n) is 9.63. The fourth-order valence-electron chi connectivity index (χ4n) is 1.67. The predicted octanol–water partition coefficient (Wildman–Crippen LogP) is 1.54. The smallest absolute Gasteiger partial charge is 0.207 e. The van der Waals surface area contributed by atoms with Gasteiger partial charge in [-0.1, -0.05) is 12.1 Å². The van der Waals surface area contributed by atoms with E-state index in [-0.39, 0.29) is 6.04 Å². The first kappa shape index (κ1) is 12.1. The zero-order valence-corrected chi connectivity index (χ0v) is 10.4. The highest BCUT2D eigenvalue weighted by Gasteiger charge is 2.34. The van der Waals surface area contributed by atoms with E-state index in [4.69, 9.17) is 5.26 Å². The number of nitriles is 1. The van der Waals surface area contributed by atoms with Crippen molar-refractivity contribution in [3.05, 3.63) is 29.8 Å². The minimum absolute atomic E-state index is 0.166. The molecule has 5 heteroatoms. The van der Waals surface area contributed by atoms with Gasteiger partial charge in [-0.25, -0.2) is 8.42 Å². The summed E-state index contributed by atoms with van der Waals surface area (Å²) in [5.74, 6) is 0. The van der Waals surface area contributed by atoms with Gasteiger partial charge in [0.1, 0.15) is 0 Å². The van der Waals surface area contributed by atoms with Crippen molar-refractivity contribution in [3.63, 3.8) is 0 Å². The van der Waals surface area contributed by atoms with E-state index in [9.17, 15) is 8.42 Å². The van der Waals surface area contributed by atoms with Crippen LogP contribution in [0.2, 0.25) is 0 Å². The lowest BCUT2D eigenvalue weighted by Crippen LogP contribution is -2.28. The SMILES string of the molecule is CN(C1CC1)S(=O)(=O)c1ccc(CC#N)cc1. The van der Waals surface area contributed by atoms with Crippen molar-refractivity contribution in [2.75, 3.05) is 7.05 Å². The van der Waals surface area contributed by atoms with Crippen LogP contribution < -0.4 is 0 Å². The molecular weight excluding hydrogens is 236 g/mol. The van der Waals surface area contributed by atoms with Crippen molar-refractivity contribution in [2.24, 2.45) is 0 Å². The number of nitrogens with zero attached hydrogens (tertiary/aromatic N) is 2. The molecule has 0 atom stereocenters. The van der Waals surface area contributed by atoms with Gasteiger partial charge >= 0.3 is 0 Å². The van der Waals surface area contributed by atoms with E-state index in [2.05, 4.69) is 0 Å². The van der Waals surface area contributed by atoms with Gasteiger partial charge in [0, 0.05) is 13.1 Å². The Bertz CT molecular complexity index is 539. The normalized spacial score (nSPS) is 15.8. The quantitative estimate of drug-likeness (QED) is 0.814. The summed E-state index contributed by atoms with van der Waals surface area (Å²) in [5.41, 5.74) is 0.834. The molecule has 90 valence electrons. The van der Waals surface area contributed by atoms with Crippen LogP contribution in [0.4, 0.5) is 0 Å². The van der Waals surface area contributed by atoms with E-state index >= 15 is 0 Å². The van der Waals surface area contributed by atoms with E-state index in [1.165, 1.54) is 4.31 Å². The number of rotatable bonds is 4. The second kappa shape index (κ2) is 4.47. The molecule has 17 heavy (non-hydrogen) atoms. The summed E-state index contributed by atoms with van der Waals surface area (Å²) in [5, 5.41) is 8.54.